The maximum Gasteiger partial charge on any atom is 0.254 e. The summed E-state index contributed by atoms with van der Waals surface area (Å²) in [5.41, 5.74) is 2.07. The van der Waals surface area contributed by atoms with E-state index >= 15 is 0 Å². The molecule has 168 valence electrons. The minimum absolute atomic E-state index is 0.141. The van der Waals surface area contributed by atoms with Crippen LogP contribution in [0.1, 0.15) is 6.42 Å². The van der Waals surface area contributed by atoms with E-state index in [4.69, 9.17) is 4.98 Å². The van der Waals surface area contributed by atoms with Gasteiger partial charge in [0.05, 0.1) is 6.20 Å². The number of halogens is 1. The Morgan fingerprint density at radius 3 is 2.50 bits per heavy atom. The molecule has 0 fully saturated rings. The van der Waals surface area contributed by atoms with Crippen LogP contribution in [0.3, 0.4) is 0 Å². The van der Waals surface area contributed by atoms with Crippen molar-refractivity contribution in [1.82, 2.24) is 19.5 Å². The number of nitrogens with zero attached hydrogens (tertiary/aromatic N) is 6. The SMILES string of the molecule is C=CCC1C(=O)N(C=C)c2cnc(-n3ccnc3-c3ccc(F)cc3)nc2N1c1ccccc1. The standard InChI is InChI=1S/C26H21FN6O/c1-3-8-21-25(34)31(4-2)22-17-29-26(30-24(22)33(21)20-9-6-5-7-10-20)32-16-15-28-23(32)18-11-13-19(27)14-12-18/h3-7,9-17,21H,1-2,8H2. The van der Waals surface area contributed by atoms with Gasteiger partial charge in [0.15, 0.2) is 5.82 Å². The summed E-state index contributed by atoms with van der Waals surface area (Å²) in [6.07, 6.45) is 8.60. The smallest absolute Gasteiger partial charge is 0.254 e. The van der Waals surface area contributed by atoms with E-state index in [1.165, 1.54) is 23.2 Å². The second kappa shape index (κ2) is 8.74. The third-order valence-corrected chi connectivity index (χ3v) is 5.62. The van der Waals surface area contributed by atoms with Gasteiger partial charge in [-0.05, 0) is 42.8 Å². The number of hydrogen-bond donors (Lipinski definition) is 0. The average Bonchev–Trinajstić information content (AvgIpc) is 3.35. The second-order valence-corrected chi connectivity index (χ2v) is 7.64. The fourth-order valence-electron chi connectivity index (χ4n) is 4.08. The highest BCUT2D eigenvalue weighted by Gasteiger charge is 2.39. The van der Waals surface area contributed by atoms with Gasteiger partial charge in [-0.15, -0.1) is 6.58 Å². The maximum absolute atomic E-state index is 13.4. The molecule has 34 heavy (non-hydrogen) atoms. The van der Waals surface area contributed by atoms with Crippen LogP contribution in [0.2, 0.25) is 0 Å². The maximum atomic E-state index is 13.4. The van der Waals surface area contributed by atoms with Gasteiger partial charge in [-0.3, -0.25) is 14.3 Å². The lowest BCUT2D eigenvalue weighted by Crippen LogP contribution is -2.50. The first-order chi connectivity index (χ1) is 16.6. The van der Waals surface area contributed by atoms with E-state index in [1.807, 2.05) is 35.2 Å². The molecule has 0 bridgehead atoms. The van der Waals surface area contributed by atoms with Gasteiger partial charge < -0.3 is 4.90 Å². The molecule has 1 aliphatic rings. The lowest BCUT2D eigenvalue weighted by Gasteiger charge is -2.40. The van der Waals surface area contributed by atoms with Gasteiger partial charge >= 0.3 is 0 Å². The van der Waals surface area contributed by atoms with Crippen molar-refractivity contribution in [1.29, 1.82) is 0 Å². The molecule has 0 saturated heterocycles. The molecule has 0 radical (unpaired) electrons. The Morgan fingerprint density at radius 2 is 1.79 bits per heavy atom. The lowest BCUT2D eigenvalue weighted by molar-refractivity contribution is -0.119. The topological polar surface area (TPSA) is 67.2 Å². The normalized spacial score (nSPS) is 15.2. The number of carbonyl (C=O) groups excluding carboxylic acids is 1. The number of aromatic nitrogens is 4. The molecule has 1 unspecified atom stereocenters. The highest BCUT2D eigenvalue weighted by molar-refractivity contribution is 6.07. The van der Waals surface area contributed by atoms with Crippen molar-refractivity contribution >= 4 is 23.1 Å². The molecular formula is C26H21FN6O. The van der Waals surface area contributed by atoms with Gasteiger partial charge in [-0.2, -0.15) is 4.98 Å². The van der Waals surface area contributed by atoms with Crippen LogP contribution < -0.4 is 9.80 Å². The number of amides is 1. The molecule has 4 aromatic rings. The molecule has 0 spiro atoms. The summed E-state index contributed by atoms with van der Waals surface area (Å²) in [7, 11) is 0. The summed E-state index contributed by atoms with van der Waals surface area (Å²) in [4.78, 5) is 30.5. The van der Waals surface area contributed by atoms with Crippen LogP contribution >= 0.6 is 0 Å². The van der Waals surface area contributed by atoms with E-state index < -0.39 is 6.04 Å². The van der Waals surface area contributed by atoms with Crippen molar-refractivity contribution in [2.24, 2.45) is 0 Å². The Bertz CT molecular complexity index is 1370. The van der Waals surface area contributed by atoms with E-state index in [0.29, 0.717) is 29.7 Å². The van der Waals surface area contributed by atoms with Crippen molar-refractivity contribution in [2.75, 3.05) is 9.80 Å². The van der Waals surface area contributed by atoms with E-state index in [1.54, 1.807) is 41.4 Å². The molecule has 0 saturated carbocycles. The van der Waals surface area contributed by atoms with Crippen LogP contribution in [-0.4, -0.2) is 31.5 Å². The van der Waals surface area contributed by atoms with Crippen molar-refractivity contribution in [3.8, 4) is 17.3 Å². The monoisotopic (exact) mass is 452 g/mol. The molecule has 1 amide bonds. The summed E-state index contributed by atoms with van der Waals surface area (Å²) in [5, 5.41) is 0. The van der Waals surface area contributed by atoms with Crippen molar-refractivity contribution < 1.29 is 9.18 Å². The fraction of sp³-hybridized carbons (Fsp3) is 0.0769. The van der Waals surface area contributed by atoms with E-state index in [9.17, 15) is 9.18 Å². The highest BCUT2D eigenvalue weighted by Crippen LogP contribution is 2.40. The molecule has 5 rings (SSSR count). The van der Waals surface area contributed by atoms with Crippen molar-refractivity contribution in [3.63, 3.8) is 0 Å². The number of anilines is 3. The summed E-state index contributed by atoms with van der Waals surface area (Å²) in [6.45, 7) is 7.66. The largest absolute Gasteiger partial charge is 0.312 e. The van der Waals surface area contributed by atoms with Crippen LogP contribution in [-0.2, 0) is 4.79 Å². The van der Waals surface area contributed by atoms with Crippen LogP contribution in [0.25, 0.3) is 17.3 Å². The van der Waals surface area contributed by atoms with Crippen molar-refractivity contribution in [2.45, 2.75) is 12.5 Å². The highest BCUT2D eigenvalue weighted by atomic mass is 19.1. The Morgan fingerprint density at radius 1 is 1.03 bits per heavy atom. The number of rotatable bonds is 6. The van der Waals surface area contributed by atoms with Crippen LogP contribution in [0.4, 0.5) is 21.6 Å². The molecule has 2 aromatic heterocycles. The Labute approximate surface area is 196 Å². The first-order valence-electron chi connectivity index (χ1n) is 10.7. The minimum atomic E-state index is -0.549. The molecular weight excluding hydrogens is 431 g/mol. The van der Waals surface area contributed by atoms with E-state index in [0.717, 1.165) is 11.3 Å². The number of benzene rings is 2. The number of carbonyl (C=O) groups is 1. The average molecular weight is 452 g/mol. The molecule has 1 aliphatic heterocycles. The summed E-state index contributed by atoms with van der Waals surface area (Å²) in [5.74, 6) is 1.03. The zero-order valence-electron chi connectivity index (χ0n) is 18.3. The van der Waals surface area contributed by atoms with E-state index in [-0.39, 0.29) is 11.7 Å². The molecule has 0 N–H and O–H groups in total. The van der Waals surface area contributed by atoms with E-state index in [2.05, 4.69) is 23.1 Å². The van der Waals surface area contributed by atoms with Gasteiger partial charge in [0, 0.05) is 29.8 Å². The van der Waals surface area contributed by atoms with Crippen LogP contribution in [0.15, 0.2) is 98.6 Å². The Balaban J connectivity index is 1.69. The quantitative estimate of drug-likeness (QED) is 0.384. The van der Waals surface area contributed by atoms with Gasteiger partial charge in [-0.1, -0.05) is 30.9 Å². The molecule has 7 nitrogen and oxygen atoms in total. The molecule has 8 heteroatoms. The summed E-state index contributed by atoms with van der Waals surface area (Å²) in [6, 6.07) is 15.1. The predicted molar refractivity (Wildman–Crippen MR) is 129 cm³/mol. The predicted octanol–water partition coefficient (Wildman–Crippen LogP) is 5.04. The summed E-state index contributed by atoms with van der Waals surface area (Å²) < 4.78 is 15.2. The molecule has 0 aliphatic carbocycles. The second-order valence-electron chi connectivity index (χ2n) is 7.64. The number of para-hydroxylation sites is 1. The van der Waals surface area contributed by atoms with Gasteiger partial charge in [0.25, 0.3) is 5.91 Å². The van der Waals surface area contributed by atoms with Gasteiger partial charge in [0.1, 0.15) is 23.4 Å². The molecule has 3 heterocycles. The molecule has 2 aromatic carbocycles. The minimum Gasteiger partial charge on any atom is -0.312 e. The number of fused-ring (bicyclic) bond motifs is 1. The fourth-order valence-corrected chi connectivity index (χ4v) is 4.08. The Kier molecular flexibility index (Phi) is 5.47. The lowest BCUT2D eigenvalue weighted by atomic mass is 10.1. The molecule has 1 atom stereocenters. The third-order valence-electron chi connectivity index (χ3n) is 5.62. The first kappa shape index (κ1) is 21.3. The zero-order valence-corrected chi connectivity index (χ0v) is 18.3. The third kappa shape index (κ3) is 3.55. The Hall–Kier alpha value is -4.59. The zero-order chi connectivity index (χ0) is 23.7. The number of imidazole rings is 1. The van der Waals surface area contributed by atoms with Crippen LogP contribution in [0, 0.1) is 5.82 Å². The number of hydrogen-bond acceptors (Lipinski definition) is 5. The first-order valence-corrected chi connectivity index (χ1v) is 10.7. The van der Waals surface area contributed by atoms with Gasteiger partial charge in [-0.25, -0.2) is 14.4 Å². The van der Waals surface area contributed by atoms with Gasteiger partial charge in [0.2, 0.25) is 5.95 Å². The van der Waals surface area contributed by atoms with Crippen molar-refractivity contribution in [3.05, 3.63) is 104 Å². The van der Waals surface area contributed by atoms with Crippen LogP contribution in [0.5, 0.6) is 0 Å². The summed E-state index contributed by atoms with van der Waals surface area (Å²) >= 11 is 0.